The molecule has 0 saturated heterocycles. The fourth-order valence-corrected chi connectivity index (χ4v) is 2.17. The van der Waals surface area contributed by atoms with Gasteiger partial charge in [0.25, 0.3) is 0 Å². The Hall–Kier alpha value is -0.570. The van der Waals surface area contributed by atoms with Gasteiger partial charge in [0.2, 0.25) is 5.91 Å². The maximum absolute atomic E-state index is 11.6. The van der Waals surface area contributed by atoms with Crippen molar-refractivity contribution < 1.29 is 4.79 Å². The molecule has 0 aromatic carbocycles. The molecule has 3 N–H and O–H groups in total. The summed E-state index contributed by atoms with van der Waals surface area (Å²) < 4.78 is 0. The first kappa shape index (κ1) is 12.5. The Bertz CT molecular complexity index is 176. The number of nitrogens with one attached hydrogen (secondary N) is 1. The number of carbonyl (C=O) groups excluding carboxylic acids is 1. The topological polar surface area (TPSA) is 55.1 Å². The second-order valence-corrected chi connectivity index (χ2v) is 4.48. The van der Waals surface area contributed by atoms with Crippen LogP contribution in [0.15, 0.2) is 0 Å². The number of rotatable bonds is 7. The highest BCUT2D eigenvalue weighted by atomic mass is 16.1. The van der Waals surface area contributed by atoms with Crippen LogP contribution in [0.3, 0.4) is 0 Å². The van der Waals surface area contributed by atoms with Crippen LogP contribution in [-0.2, 0) is 4.79 Å². The molecule has 3 heteroatoms. The molecule has 3 nitrogen and oxygen atoms in total. The van der Waals surface area contributed by atoms with Gasteiger partial charge in [-0.05, 0) is 32.2 Å². The molecule has 1 aliphatic carbocycles. The molecular weight excluding hydrogens is 188 g/mol. The second-order valence-electron chi connectivity index (χ2n) is 4.48. The quantitative estimate of drug-likeness (QED) is 0.632. The van der Waals surface area contributed by atoms with Crippen molar-refractivity contribution in [2.75, 3.05) is 13.1 Å². The van der Waals surface area contributed by atoms with E-state index in [9.17, 15) is 4.79 Å². The van der Waals surface area contributed by atoms with Gasteiger partial charge < -0.3 is 11.1 Å². The monoisotopic (exact) mass is 212 g/mol. The van der Waals surface area contributed by atoms with Crippen LogP contribution < -0.4 is 11.1 Å². The predicted molar refractivity (Wildman–Crippen MR) is 62.5 cm³/mol. The summed E-state index contributed by atoms with van der Waals surface area (Å²) in [4.78, 5) is 11.6. The first-order valence-electron chi connectivity index (χ1n) is 6.32. The Morgan fingerprint density at radius 2 is 1.80 bits per heavy atom. The number of unbranched alkanes of at least 4 members (excludes halogenated alkanes) is 3. The van der Waals surface area contributed by atoms with Gasteiger partial charge in [-0.1, -0.05) is 25.7 Å². The van der Waals surface area contributed by atoms with E-state index in [-0.39, 0.29) is 5.91 Å². The zero-order valence-corrected chi connectivity index (χ0v) is 9.63. The molecular formula is C12H24N2O. The maximum atomic E-state index is 11.6. The minimum absolute atomic E-state index is 0.284. The largest absolute Gasteiger partial charge is 0.356 e. The average molecular weight is 212 g/mol. The van der Waals surface area contributed by atoms with Gasteiger partial charge in [0.15, 0.2) is 0 Å². The molecule has 0 spiro atoms. The van der Waals surface area contributed by atoms with Crippen molar-refractivity contribution >= 4 is 5.91 Å². The highest BCUT2D eigenvalue weighted by Gasteiger charge is 2.21. The highest BCUT2D eigenvalue weighted by Crippen LogP contribution is 2.24. The van der Waals surface area contributed by atoms with Gasteiger partial charge in [-0.15, -0.1) is 0 Å². The Balaban J connectivity index is 1.92. The van der Waals surface area contributed by atoms with Crippen LogP contribution >= 0.6 is 0 Å². The molecule has 1 aliphatic rings. The number of hydrogen-bond acceptors (Lipinski definition) is 2. The summed E-state index contributed by atoms with van der Waals surface area (Å²) in [5.41, 5.74) is 5.40. The predicted octanol–water partition coefficient (Wildman–Crippen LogP) is 1.81. The van der Waals surface area contributed by atoms with Crippen LogP contribution in [0.25, 0.3) is 0 Å². The van der Waals surface area contributed by atoms with Gasteiger partial charge in [0, 0.05) is 12.5 Å². The van der Waals surface area contributed by atoms with Crippen LogP contribution in [0.2, 0.25) is 0 Å². The molecule has 0 aromatic rings. The summed E-state index contributed by atoms with van der Waals surface area (Å²) in [5.74, 6) is 0.598. The lowest BCUT2D eigenvalue weighted by atomic mass is 10.1. The van der Waals surface area contributed by atoms with Crippen molar-refractivity contribution in [3.8, 4) is 0 Å². The molecule has 0 atom stereocenters. The van der Waals surface area contributed by atoms with Crippen molar-refractivity contribution in [1.29, 1.82) is 0 Å². The summed E-state index contributed by atoms with van der Waals surface area (Å²) in [7, 11) is 0. The maximum Gasteiger partial charge on any atom is 0.223 e. The molecule has 0 heterocycles. The van der Waals surface area contributed by atoms with Crippen molar-refractivity contribution in [3.63, 3.8) is 0 Å². The number of carbonyl (C=O) groups is 1. The minimum Gasteiger partial charge on any atom is -0.356 e. The third-order valence-electron chi connectivity index (χ3n) is 3.16. The smallest absolute Gasteiger partial charge is 0.223 e. The minimum atomic E-state index is 0.284. The Morgan fingerprint density at radius 1 is 1.13 bits per heavy atom. The lowest BCUT2D eigenvalue weighted by Gasteiger charge is -2.09. The number of hydrogen-bond donors (Lipinski definition) is 2. The van der Waals surface area contributed by atoms with E-state index in [0.29, 0.717) is 5.92 Å². The molecule has 1 saturated carbocycles. The third kappa shape index (κ3) is 5.17. The normalized spacial score (nSPS) is 16.9. The van der Waals surface area contributed by atoms with E-state index in [4.69, 9.17) is 5.73 Å². The van der Waals surface area contributed by atoms with Crippen molar-refractivity contribution in [3.05, 3.63) is 0 Å². The van der Waals surface area contributed by atoms with E-state index in [1.54, 1.807) is 0 Å². The molecule has 0 aromatic heterocycles. The van der Waals surface area contributed by atoms with Gasteiger partial charge in [-0.3, -0.25) is 4.79 Å². The molecule has 1 amide bonds. The Kier molecular flexibility index (Phi) is 6.41. The van der Waals surface area contributed by atoms with Gasteiger partial charge in [-0.2, -0.15) is 0 Å². The van der Waals surface area contributed by atoms with E-state index >= 15 is 0 Å². The van der Waals surface area contributed by atoms with E-state index in [0.717, 1.165) is 38.8 Å². The summed E-state index contributed by atoms with van der Waals surface area (Å²) in [6.45, 7) is 1.63. The van der Waals surface area contributed by atoms with Crippen LogP contribution in [0.4, 0.5) is 0 Å². The van der Waals surface area contributed by atoms with Gasteiger partial charge in [-0.25, -0.2) is 0 Å². The first-order chi connectivity index (χ1) is 7.34. The summed E-state index contributed by atoms with van der Waals surface area (Å²) in [5, 5.41) is 3.03. The summed E-state index contributed by atoms with van der Waals surface area (Å²) in [6.07, 6.45) is 9.23. The van der Waals surface area contributed by atoms with Crippen molar-refractivity contribution in [1.82, 2.24) is 5.32 Å². The fraction of sp³-hybridized carbons (Fsp3) is 0.917. The number of amides is 1. The lowest BCUT2D eigenvalue weighted by Crippen LogP contribution is -2.30. The van der Waals surface area contributed by atoms with Crippen LogP contribution in [-0.4, -0.2) is 19.0 Å². The van der Waals surface area contributed by atoms with Crippen molar-refractivity contribution in [2.45, 2.75) is 51.4 Å². The standard InChI is InChI=1S/C12H24N2O/c13-9-5-1-2-6-10-14-12(15)11-7-3-4-8-11/h11H,1-10,13H2,(H,14,15). The zero-order chi connectivity index (χ0) is 10.9. The number of nitrogens with two attached hydrogens (primary N) is 1. The fourth-order valence-electron chi connectivity index (χ4n) is 2.17. The molecule has 1 fully saturated rings. The van der Waals surface area contributed by atoms with Crippen LogP contribution in [0, 0.1) is 5.92 Å². The van der Waals surface area contributed by atoms with E-state index in [1.165, 1.54) is 25.7 Å². The van der Waals surface area contributed by atoms with Gasteiger partial charge in [0.1, 0.15) is 0 Å². The Labute approximate surface area is 92.8 Å². The second kappa shape index (κ2) is 7.69. The molecule has 88 valence electrons. The van der Waals surface area contributed by atoms with Crippen molar-refractivity contribution in [2.24, 2.45) is 11.7 Å². The van der Waals surface area contributed by atoms with Crippen LogP contribution in [0.5, 0.6) is 0 Å². The zero-order valence-electron chi connectivity index (χ0n) is 9.63. The highest BCUT2D eigenvalue weighted by molar-refractivity contribution is 5.78. The van der Waals surface area contributed by atoms with E-state index in [1.807, 2.05) is 0 Å². The SMILES string of the molecule is NCCCCCCNC(=O)C1CCCC1. The molecule has 0 unspecified atom stereocenters. The molecule has 15 heavy (non-hydrogen) atoms. The molecule has 0 bridgehead atoms. The average Bonchev–Trinajstić information content (AvgIpc) is 2.76. The molecule has 0 radical (unpaired) electrons. The molecule has 0 aliphatic heterocycles. The summed E-state index contributed by atoms with van der Waals surface area (Å²) >= 11 is 0. The third-order valence-corrected chi connectivity index (χ3v) is 3.16. The van der Waals surface area contributed by atoms with E-state index in [2.05, 4.69) is 5.32 Å². The Morgan fingerprint density at radius 3 is 2.47 bits per heavy atom. The first-order valence-corrected chi connectivity index (χ1v) is 6.32. The van der Waals surface area contributed by atoms with Gasteiger partial charge >= 0.3 is 0 Å². The molecule has 1 rings (SSSR count). The van der Waals surface area contributed by atoms with Gasteiger partial charge in [0.05, 0.1) is 0 Å². The van der Waals surface area contributed by atoms with Crippen LogP contribution in [0.1, 0.15) is 51.4 Å². The van der Waals surface area contributed by atoms with E-state index < -0.39 is 0 Å². The lowest BCUT2D eigenvalue weighted by molar-refractivity contribution is -0.124. The summed E-state index contributed by atoms with van der Waals surface area (Å²) in [6, 6.07) is 0.